The number of carbonyl (C=O) groups excluding carboxylic acids is 1. The second-order valence-corrected chi connectivity index (χ2v) is 6.31. The Kier molecular flexibility index (Phi) is 5.99. The number of rotatable bonds is 7. The summed E-state index contributed by atoms with van der Waals surface area (Å²) in [5.41, 5.74) is 1.57. The molecule has 2 N–H and O–H groups in total. The lowest BCUT2D eigenvalue weighted by Crippen LogP contribution is -2.30. The smallest absolute Gasteiger partial charge is 0.341 e. The number of ether oxygens (including phenoxy) is 3. The van der Waals surface area contributed by atoms with Gasteiger partial charge in [0.25, 0.3) is 5.91 Å². The summed E-state index contributed by atoms with van der Waals surface area (Å²) in [4.78, 5) is 24.9. The second-order valence-electron chi connectivity index (χ2n) is 5.92. The molecular formula is C20H18N2O6S. The van der Waals surface area contributed by atoms with E-state index in [4.69, 9.17) is 31.5 Å². The average molecular weight is 414 g/mol. The number of carboxylic acids is 1. The van der Waals surface area contributed by atoms with Gasteiger partial charge in [-0.1, -0.05) is 6.07 Å². The summed E-state index contributed by atoms with van der Waals surface area (Å²) in [6.45, 7) is -0.484. The van der Waals surface area contributed by atoms with Gasteiger partial charge in [-0.05, 0) is 60.3 Å². The standard InChI is InChI=1S/C20H18N2O6S/c1-26-14-6-4-13(5-7-14)22-19(25)15(21-20(22)29)9-12-3-8-16(17(10-12)27-2)28-11-18(23)24/h3-10H,11H2,1-2H3,(H,21,29)(H,23,24)/b15-9-. The third kappa shape index (κ3) is 4.46. The molecule has 2 aromatic carbocycles. The van der Waals surface area contributed by atoms with Gasteiger partial charge in [-0.25, -0.2) is 4.79 Å². The zero-order valence-electron chi connectivity index (χ0n) is 15.7. The van der Waals surface area contributed by atoms with E-state index in [1.54, 1.807) is 55.7 Å². The Hall–Kier alpha value is -3.59. The van der Waals surface area contributed by atoms with Crippen LogP contribution in [0.2, 0.25) is 0 Å². The first kappa shape index (κ1) is 20.2. The summed E-state index contributed by atoms with van der Waals surface area (Å²) in [6, 6.07) is 11.9. The summed E-state index contributed by atoms with van der Waals surface area (Å²) in [5.74, 6) is -0.0809. The molecule has 2 aromatic rings. The number of benzene rings is 2. The maximum absolute atomic E-state index is 12.8. The van der Waals surface area contributed by atoms with Crippen LogP contribution in [0.1, 0.15) is 5.56 Å². The molecule has 1 amide bonds. The highest BCUT2D eigenvalue weighted by molar-refractivity contribution is 7.80. The molecular weight excluding hydrogens is 396 g/mol. The van der Waals surface area contributed by atoms with E-state index >= 15 is 0 Å². The minimum atomic E-state index is -1.09. The number of hydrogen-bond acceptors (Lipinski definition) is 6. The lowest BCUT2D eigenvalue weighted by atomic mass is 10.1. The van der Waals surface area contributed by atoms with E-state index in [2.05, 4.69) is 5.32 Å². The molecule has 0 saturated carbocycles. The van der Waals surface area contributed by atoms with Crippen LogP contribution in [0.15, 0.2) is 48.2 Å². The van der Waals surface area contributed by atoms with Gasteiger partial charge < -0.3 is 24.6 Å². The molecule has 0 spiro atoms. The number of carbonyl (C=O) groups is 2. The van der Waals surface area contributed by atoms with E-state index in [0.717, 1.165) is 0 Å². The third-order valence-corrected chi connectivity index (χ3v) is 4.34. The van der Waals surface area contributed by atoms with Gasteiger partial charge in [-0.3, -0.25) is 9.69 Å². The Morgan fingerprint density at radius 1 is 1.14 bits per heavy atom. The number of nitrogens with zero attached hydrogens (tertiary/aromatic N) is 1. The molecule has 0 unspecified atom stereocenters. The van der Waals surface area contributed by atoms with Crippen LogP contribution in [0.5, 0.6) is 17.2 Å². The van der Waals surface area contributed by atoms with E-state index < -0.39 is 12.6 Å². The minimum absolute atomic E-state index is 0.264. The van der Waals surface area contributed by atoms with Gasteiger partial charge in [0.05, 0.1) is 19.9 Å². The molecule has 0 radical (unpaired) electrons. The number of thiocarbonyl (C=S) groups is 1. The molecule has 0 bridgehead atoms. The molecule has 8 nitrogen and oxygen atoms in total. The lowest BCUT2D eigenvalue weighted by Gasteiger charge is -2.14. The first-order valence-corrected chi connectivity index (χ1v) is 8.87. The maximum Gasteiger partial charge on any atom is 0.341 e. The van der Waals surface area contributed by atoms with E-state index in [1.165, 1.54) is 12.0 Å². The molecule has 1 fully saturated rings. The van der Waals surface area contributed by atoms with Crippen molar-refractivity contribution in [3.63, 3.8) is 0 Å². The zero-order chi connectivity index (χ0) is 21.0. The number of amides is 1. The minimum Gasteiger partial charge on any atom is -0.497 e. The van der Waals surface area contributed by atoms with E-state index in [-0.39, 0.29) is 16.8 Å². The van der Waals surface area contributed by atoms with Gasteiger partial charge in [0, 0.05) is 0 Å². The Balaban J connectivity index is 1.84. The fourth-order valence-electron chi connectivity index (χ4n) is 2.70. The number of nitrogens with one attached hydrogen (secondary N) is 1. The van der Waals surface area contributed by atoms with Crippen molar-refractivity contribution in [2.75, 3.05) is 25.7 Å². The maximum atomic E-state index is 12.8. The van der Waals surface area contributed by atoms with Gasteiger partial charge in [0.1, 0.15) is 11.4 Å². The van der Waals surface area contributed by atoms with Crippen LogP contribution in [-0.2, 0) is 9.59 Å². The van der Waals surface area contributed by atoms with Crippen molar-refractivity contribution in [2.24, 2.45) is 0 Å². The van der Waals surface area contributed by atoms with Crippen molar-refractivity contribution in [3.05, 3.63) is 53.7 Å². The molecule has 1 saturated heterocycles. The highest BCUT2D eigenvalue weighted by Gasteiger charge is 2.32. The Morgan fingerprint density at radius 3 is 2.48 bits per heavy atom. The van der Waals surface area contributed by atoms with Gasteiger partial charge in [-0.2, -0.15) is 0 Å². The number of anilines is 1. The van der Waals surface area contributed by atoms with Gasteiger partial charge in [0.2, 0.25) is 0 Å². The fraction of sp³-hybridized carbons (Fsp3) is 0.150. The fourth-order valence-corrected chi connectivity index (χ4v) is 3.00. The molecule has 9 heteroatoms. The van der Waals surface area contributed by atoms with Crippen molar-refractivity contribution >= 4 is 41.0 Å². The van der Waals surface area contributed by atoms with Crippen LogP contribution >= 0.6 is 12.2 Å². The quantitative estimate of drug-likeness (QED) is 0.527. The average Bonchev–Trinajstić information content (AvgIpc) is 2.99. The molecule has 29 heavy (non-hydrogen) atoms. The molecule has 0 atom stereocenters. The molecule has 0 aromatic heterocycles. The monoisotopic (exact) mass is 414 g/mol. The number of aliphatic carboxylic acids is 1. The van der Waals surface area contributed by atoms with E-state index in [9.17, 15) is 9.59 Å². The number of methoxy groups -OCH3 is 2. The summed E-state index contributed by atoms with van der Waals surface area (Å²) < 4.78 is 15.6. The first-order valence-electron chi connectivity index (χ1n) is 8.46. The van der Waals surface area contributed by atoms with Crippen molar-refractivity contribution in [2.45, 2.75) is 0 Å². The van der Waals surface area contributed by atoms with Crippen LogP contribution in [-0.4, -0.2) is 42.9 Å². The second kappa shape index (κ2) is 8.61. The summed E-state index contributed by atoms with van der Waals surface area (Å²) in [7, 11) is 3.01. The highest BCUT2D eigenvalue weighted by atomic mass is 32.1. The Labute approximate surface area is 172 Å². The van der Waals surface area contributed by atoms with Crippen molar-refractivity contribution in [3.8, 4) is 17.2 Å². The third-order valence-electron chi connectivity index (χ3n) is 4.06. The van der Waals surface area contributed by atoms with Gasteiger partial charge in [0.15, 0.2) is 23.2 Å². The van der Waals surface area contributed by atoms with Crippen molar-refractivity contribution < 1.29 is 28.9 Å². The number of carboxylic acid groups (broad SMARTS) is 1. The molecule has 1 aliphatic heterocycles. The van der Waals surface area contributed by atoms with Crippen LogP contribution in [0.25, 0.3) is 6.08 Å². The predicted molar refractivity (Wildman–Crippen MR) is 110 cm³/mol. The SMILES string of the molecule is COc1ccc(N2C(=O)/C(=C/c3ccc(OCC(=O)O)c(OC)c3)NC2=S)cc1. The van der Waals surface area contributed by atoms with Crippen molar-refractivity contribution in [1.29, 1.82) is 0 Å². The molecule has 1 heterocycles. The Morgan fingerprint density at radius 2 is 1.86 bits per heavy atom. The summed E-state index contributed by atoms with van der Waals surface area (Å²) >= 11 is 5.30. The lowest BCUT2D eigenvalue weighted by molar-refractivity contribution is -0.139. The highest BCUT2D eigenvalue weighted by Crippen LogP contribution is 2.30. The topological polar surface area (TPSA) is 97.3 Å². The van der Waals surface area contributed by atoms with Crippen LogP contribution in [0.3, 0.4) is 0 Å². The zero-order valence-corrected chi connectivity index (χ0v) is 16.5. The summed E-state index contributed by atoms with van der Waals surface area (Å²) in [6.07, 6.45) is 1.63. The molecule has 0 aliphatic carbocycles. The largest absolute Gasteiger partial charge is 0.497 e. The molecule has 150 valence electrons. The Bertz CT molecular complexity index is 987. The van der Waals surface area contributed by atoms with Crippen LogP contribution < -0.4 is 24.4 Å². The van der Waals surface area contributed by atoms with Gasteiger partial charge in [-0.15, -0.1) is 0 Å². The van der Waals surface area contributed by atoms with Gasteiger partial charge >= 0.3 is 5.97 Å². The normalized spacial score (nSPS) is 14.7. The van der Waals surface area contributed by atoms with E-state index in [1.807, 2.05) is 0 Å². The molecule has 1 aliphatic rings. The van der Waals surface area contributed by atoms with Crippen LogP contribution in [0.4, 0.5) is 5.69 Å². The van der Waals surface area contributed by atoms with Crippen LogP contribution in [0, 0.1) is 0 Å². The van der Waals surface area contributed by atoms with Crippen molar-refractivity contribution in [1.82, 2.24) is 5.32 Å². The molecule has 3 rings (SSSR count). The van der Waals surface area contributed by atoms with E-state index in [0.29, 0.717) is 28.4 Å². The predicted octanol–water partition coefficient (Wildman–Crippen LogP) is 2.43. The number of hydrogen-bond donors (Lipinski definition) is 2. The first-order chi connectivity index (χ1) is 13.9. The summed E-state index contributed by atoms with van der Waals surface area (Å²) in [5, 5.41) is 11.9.